The molecule has 68 valence electrons. The topological polar surface area (TPSA) is 63.1 Å². The number of carboxylic acids is 1. The van der Waals surface area contributed by atoms with Crippen LogP contribution in [0.4, 0.5) is 0 Å². The van der Waals surface area contributed by atoms with E-state index in [1.54, 1.807) is 0 Å². The highest BCUT2D eigenvalue weighted by atomic mass is 16.4. The number of aromatic nitrogens is 2. The fourth-order valence-electron chi connectivity index (χ4n) is 1.51. The molecule has 1 aromatic rings. The number of hydrogen-bond donors (Lipinski definition) is 1. The molecule has 1 heterocycles. The third-order valence-electron chi connectivity index (χ3n) is 2.47. The number of carboxylic acid groups (broad SMARTS) is 1. The summed E-state index contributed by atoms with van der Waals surface area (Å²) in [6.45, 7) is 0. The van der Waals surface area contributed by atoms with E-state index in [2.05, 4.69) is 9.97 Å². The fourth-order valence-corrected chi connectivity index (χ4v) is 1.51. The average molecular weight is 178 g/mol. The number of aromatic carboxylic acids is 1. The zero-order chi connectivity index (χ0) is 9.26. The lowest BCUT2D eigenvalue weighted by Gasteiger charge is -2.25. The van der Waals surface area contributed by atoms with Gasteiger partial charge in [0.15, 0.2) is 0 Å². The summed E-state index contributed by atoms with van der Waals surface area (Å²) in [5.74, 6) is -0.586. The van der Waals surface area contributed by atoms with Crippen molar-refractivity contribution in [2.75, 3.05) is 0 Å². The van der Waals surface area contributed by atoms with Crippen molar-refractivity contribution in [2.24, 2.45) is 0 Å². The van der Waals surface area contributed by atoms with E-state index in [1.165, 1.54) is 18.9 Å². The van der Waals surface area contributed by atoms with Gasteiger partial charge in [-0.05, 0) is 12.8 Å². The highest BCUT2D eigenvalue weighted by Gasteiger charge is 2.25. The maximum atomic E-state index is 10.8. The molecule has 1 aliphatic rings. The Balaban J connectivity index is 2.36. The quantitative estimate of drug-likeness (QED) is 0.744. The third-order valence-corrected chi connectivity index (χ3v) is 2.47. The molecular formula is C9H10N2O2. The van der Waals surface area contributed by atoms with Crippen molar-refractivity contribution in [2.45, 2.75) is 25.2 Å². The van der Waals surface area contributed by atoms with Crippen molar-refractivity contribution in [1.82, 2.24) is 9.97 Å². The minimum atomic E-state index is -0.928. The normalized spacial score (nSPS) is 16.6. The molecule has 1 saturated carbocycles. The molecule has 0 aliphatic heterocycles. The highest BCUT2D eigenvalue weighted by molar-refractivity contribution is 5.88. The number of rotatable bonds is 2. The Morgan fingerprint density at radius 2 is 2.31 bits per heavy atom. The van der Waals surface area contributed by atoms with Crippen LogP contribution in [0.15, 0.2) is 12.5 Å². The molecule has 2 rings (SSSR count). The molecule has 0 spiro atoms. The van der Waals surface area contributed by atoms with Crippen molar-refractivity contribution >= 4 is 5.97 Å². The van der Waals surface area contributed by atoms with Gasteiger partial charge in [-0.3, -0.25) is 0 Å². The molecule has 1 N–H and O–H groups in total. The molecule has 1 aromatic heterocycles. The second-order valence-corrected chi connectivity index (χ2v) is 3.25. The number of nitrogens with zero attached hydrogens (tertiary/aromatic N) is 2. The fraction of sp³-hybridized carbons (Fsp3) is 0.444. The van der Waals surface area contributed by atoms with Crippen molar-refractivity contribution in [3.05, 3.63) is 23.8 Å². The van der Waals surface area contributed by atoms with Gasteiger partial charge in [0.25, 0.3) is 0 Å². The monoisotopic (exact) mass is 178 g/mol. The summed E-state index contributed by atoms with van der Waals surface area (Å²) >= 11 is 0. The Morgan fingerprint density at radius 3 is 2.85 bits per heavy atom. The molecule has 0 amide bonds. The lowest BCUT2D eigenvalue weighted by atomic mass is 9.81. The van der Waals surface area contributed by atoms with E-state index >= 15 is 0 Å². The van der Waals surface area contributed by atoms with Gasteiger partial charge in [-0.15, -0.1) is 0 Å². The largest absolute Gasteiger partial charge is 0.478 e. The molecule has 0 bridgehead atoms. The van der Waals surface area contributed by atoms with Gasteiger partial charge in [0.05, 0.1) is 11.3 Å². The van der Waals surface area contributed by atoms with Gasteiger partial charge in [0.1, 0.15) is 6.33 Å². The van der Waals surface area contributed by atoms with Crippen LogP contribution in [0.25, 0.3) is 0 Å². The first-order valence-corrected chi connectivity index (χ1v) is 4.32. The second-order valence-electron chi connectivity index (χ2n) is 3.25. The number of carbonyl (C=O) groups is 1. The molecule has 0 saturated heterocycles. The Hall–Kier alpha value is -1.45. The Kier molecular flexibility index (Phi) is 1.96. The summed E-state index contributed by atoms with van der Waals surface area (Å²) in [5, 5.41) is 8.85. The summed E-state index contributed by atoms with van der Waals surface area (Å²) in [7, 11) is 0. The summed E-state index contributed by atoms with van der Waals surface area (Å²) in [4.78, 5) is 18.5. The summed E-state index contributed by atoms with van der Waals surface area (Å²) < 4.78 is 0. The van der Waals surface area contributed by atoms with Crippen LogP contribution in [0.2, 0.25) is 0 Å². The predicted molar refractivity (Wildman–Crippen MR) is 45.6 cm³/mol. The summed E-state index contributed by atoms with van der Waals surface area (Å²) in [6.07, 6.45) is 6.07. The molecule has 13 heavy (non-hydrogen) atoms. The SMILES string of the molecule is O=C(O)c1cncnc1C1CCC1. The van der Waals surface area contributed by atoms with Gasteiger partial charge in [-0.2, -0.15) is 0 Å². The molecule has 0 aromatic carbocycles. The standard InChI is InChI=1S/C9H10N2O2/c12-9(13)7-4-10-5-11-8(7)6-2-1-3-6/h4-6H,1-3H2,(H,12,13). The highest BCUT2D eigenvalue weighted by Crippen LogP contribution is 2.36. The van der Waals surface area contributed by atoms with E-state index in [0.29, 0.717) is 11.6 Å². The third kappa shape index (κ3) is 1.39. The maximum absolute atomic E-state index is 10.8. The Labute approximate surface area is 75.6 Å². The molecule has 4 nitrogen and oxygen atoms in total. The predicted octanol–water partition coefficient (Wildman–Crippen LogP) is 1.44. The van der Waals surface area contributed by atoms with Gasteiger partial charge in [0.2, 0.25) is 0 Å². The smallest absolute Gasteiger partial charge is 0.339 e. The van der Waals surface area contributed by atoms with Crippen LogP contribution in [-0.4, -0.2) is 21.0 Å². The van der Waals surface area contributed by atoms with E-state index < -0.39 is 5.97 Å². The molecule has 0 unspecified atom stereocenters. The van der Waals surface area contributed by atoms with Crippen LogP contribution in [0.5, 0.6) is 0 Å². The van der Waals surface area contributed by atoms with Gasteiger partial charge in [-0.25, -0.2) is 14.8 Å². The Bertz CT molecular complexity index is 334. The van der Waals surface area contributed by atoms with E-state index in [0.717, 1.165) is 12.8 Å². The first-order chi connectivity index (χ1) is 6.29. The second kappa shape index (κ2) is 3.12. The number of hydrogen-bond acceptors (Lipinski definition) is 3. The molecule has 4 heteroatoms. The van der Waals surface area contributed by atoms with Gasteiger partial charge in [-0.1, -0.05) is 6.42 Å². The van der Waals surface area contributed by atoms with Crippen molar-refractivity contribution in [1.29, 1.82) is 0 Å². The first kappa shape index (κ1) is 8.16. The molecule has 1 fully saturated rings. The molecule has 1 aliphatic carbocycles. The van der Waals surface area contributed by atoms with Crippen LogP contribution in [0.1, 0.15) is 41.2 Å². The van der Waals surface area contributed by atoms with E-state index in [9.17, 15) is 4.79 Å². The van der Waals surface area contributed by atoms with Gasteiger partial charge < -0.3 is 5.11 Å². The van der Waals surface area contributed by atoms with Crippen LogP contribution < -0.4 is 0 Å². The minimum Gasteiger partial charge on any atom is -0.478 e. The minimum absolute atomic E-state index is 0.257. The van der Waals surface area contributed by atoms with Crippen LogP contribution in [0, 0.1) is 0 Å². The van der Waals surface area contributed by atoms with Gasteiger partial charge >= 0.3 is 5.97 Å². The lowest BCUT2D eigenvalue weighted by Crippen LogP contribution is -2.15. The first-order valence-electron chi connectivity index (χ1n) is 4.32. The molecular weight excluding hydrogens is 168 g/mol. The lowest BCUT2D eigenvalue weighted by molar-refractivity contribution is 0.0693. The van der Waals surface area contributed by atoms with E-state index in [-0.39, 0.29) is 5.56 Å². The van der Waals surface area contributed by atoms with Crippen molar-refractivity contribution < 1.29 is 9.90 Å². The maximum Gasteiger partial charge on any atom is 0.339 e. The van der Waals surface area contributed by atoms with E-state index in [4.69, 9.17) is 5.11 Å². The van der Waals surface area contributed by atoms with Crippen LogP contribution in [-0.2, 0) is 0 Å². The zero-order valence-electron chi connectivity index (χ0n) is 7.10. The average Bonchev–Trinajstić information content (AvgIpc) is 2.02. The van der Waals surface area contributed by atoms with Crippen LogP contribution >= 0.6 is 0 Å². The van der Waals surface area contributed by atoms with Crippen LogP contribution in [0.3, 0.4) is 0 Å². The Morgan fingerprint density at radius 1 is 1.54 bits per heavy atom. The summed E-state index contributed by atoms with van der Waals surface area (Å²) in [5.41, 5.74) is 0.959. The van der Waals surface area contributed by atoms with Crippen molar-refractivity contribution in [3.8, 4) is 0 Å². The zero-order valence-corrected chi connectivity index (χ0v) is 7.10. The van der Waals surface area contributed by atoms with E-state index in [1.807, 2.05) is 0 Å². The van der Waals surface area contributed by atoms with Gasteiger partial charge in [0, 0.05) is 12.1 Å². The van der Waals surface area contributed by atoms with Crippen molar-refractivity contribution in [3.63, 3.8) is 0 Å². The molecule has 0 radical (unpaired) electrons. The summed E-state index contributed by atoms with van der Waals surface area (Å²) in [6, 6.07) is 0. The molecule has 0 atom stereocenters.